The molecule has 0 amide bonds. The van der Waals surface area contributed by atoms with Gasteiger partial charge < -0.3 is 9.47 Å². The van der Waals surface area contributed by atoms with E-state index in [-0.39, 0.29) is 21.7 Å². The molecule has 2 aromatic carbocycles. The first-order valence-corrected chi connectivity index (χ1v) is 21.1. The van der Waals surface area contributed by atoms with Gasteiger partial charge >= 0.3 is 0 Å². The first-order chi connectivity index (χ1) is 25.6. The van der Waals surface area contributed by atoms with Crippen molar-refractivity contribution in [1.29, 1.82) is 0 Å². The Hall–Kier alpha value is -3.66. The smallest absolute Gasteiger partial charge is 0.169 e. The number of unbranched alkanes of at least 4 members (excludes halogenated alkanes) is 2. The molecule has 0 aliphatic rings. The van der Waals surface area contributed by atoms with Gasteiger partial charge in [0.25, 0.3) is 0 Å². The minimum atomic E-state index is 0.0810. The van der Waals surface area contributed by atoms with Gasteiger partial charge in [-0.15, -0.1) is 0 Å². The van der Waals surface area contributed by atoms with Gasteiger partial charge in [0.1, 0.15) is 24.6 Å². The van der Waals surface area contributed by atoms with Crippen molar-refractivity contribution in [3.63, 3.8) is 0 Å². The van der Waals surface area contributed by atoms with Crippen LogP contribution in [0.3, 0.4) is 0 Å². The quantitative estimate of drug-likeness (QED) is 0.0629. The average molecular weight is 735 g/mol. The molecule has 2 aromatic heterocycles. The number of pyridine rings is 2. The minimum absolute atomic E-state index is 0.0810. The van der Waals surface area contributed by atoms with Crippen LogP contribution in [0.25, 0.3) is 11.1 Å². The predicted molar refractivity (Wildman–Crippen MR) is 228 cm³/mol. The summed E-state index contributed by atoms with van der Waals surface area (Å²) in [5.41, 5.74) is 8.46. The molecule has 4 nitrogen and oxygen atoms in total. The van der Waals surface area contributed by atoms with Crippen molar-refractivity contribution in [3.8, 4) is 22.6 Å². The van der Waals surface area contributed by atoms with Crippen molar-refractivity contribution in [2.45, 2.75) is 169 Å². The first-order valence-electron chi connectivity index (χ1n) is 21.1. The van der Waals surface area contributed by atoms with E-state index in [1.807, 2.05) is 0 Å². The Morgan fingerprint density at radius 1 is 0.426 bits per heavy atom. The fourth-order valence-corrected chi connectivity index (χ4v) is 6.76. The molecule has 0 unspecified atom stereocenters. The first kappa shape index (κ1) is 43.1. The average Bonchev–Trinajstić information content (AvgIpc) is 3.18. The molecular weight excluding hydrogens is 661 g/mol. The molecule has 0 radical (unpaired) electrons. The molecule has 0 saturated carbocycles. The fraction of sp³-hybridized carbons (Fsp3) is 0.560. The lowest BCUT2D eigenvalue weighted by atomic mass is 9.76. The lowest BCUT2D eigenvalue weighted by Gasteiger charge is -2.30. The van der Waals surface area contributed by atoms with Gasteiger partial charge in [0.05, 0.1) is 13.2 Å². The van der Waals surface area contributed by atoms with Crippen LogP contribution in [0.5, 0.6) is 11.5 Å². The maximum atomic E-state index is 6.42. The monoisotopic (exact) mass is 735 g/mol. The molecule has 4 aromatic rings. The van der Waals surface area contributed by atoms with E-state index in [4.69, 9.17) is 9.47 Å². The fourth-order valence-electron chi connectivity index (χ4n) is 6.76. The second-order valence-electron chi connectivity index (χ2n) is 18.1. The zero-order chi connectivity index (χ0) is 39.6. The molecule has 0 saturated heterocycles. The normalized spacial score (nSPS) is 12.6. The van der Waals surface area contributed by atoms with Gasteiger partial charge in [0.15, 0.2) is 24.8 Å². The van der Waals surface area contributed by atoms with E-state index >= 15 is 0 Å². The van der Waals surface area contributed by atoms with Crippen LogP contribution in [-0.2, 0) is 34.7 Å². The Labute approximate surface area is 330 Å². The maximum absolute atomic E-state index is 6.42. The number of aryl methyl sites for hydroxylation is 2. The van der Waals surface area contributed by atoms with Crippen LogP contribution >= 0.6 is 0 Å². The number of hydrogen-bond donors (Lipinski definition) is 0. The summed E-state index contributed by atoms with van der Waals surface area (Å²) in [6.07, 6.45) is 17.4. The summed E-state index contributed by atoms with van der Waals surface area (Å²) in [5.74, 6) is 2.09. The lowest BCUT2D eigenvalue weighted by molar-refractivity contribution is -0.697. The summed E-state index contributed by atoms with van der Waals surface area (Å²) < 4.78 is 17.4. The topological polar surface area (TPSA) is 26.2 Å². The van der Waals surface area contributed by atoms with Crippen LogP contribution in [0.4, 0.5) is 0 Å². The second kappa shape index (κ2) is 18.8. The third-order valence-electron chi connectivity index (χ3n) is 12.8. The van der Waals surface area contributed by atoms with Gasteiger partial charge in [-0.2, -0.15) is 0 Å². The predicted octanol–water partition coefficient (Wildman–Crippen LogP) is 12.4. The van der Waals surface area contributed by atoms with Gasteiger partial charge in [-0.05, 0) is 94.6 Å². The molecule has 2 heterocycles. The van der Waals surface area contributed by atoms with E-state index in [2.05, 4.69) is 178 Å². The summed E-state index contributed by atoms with van der Waals surface area (Å²) >= 11 is 0. The Morgan fingerprint density at radius 3 is 1.07 bits per heavy atom. The third kappa shape index (κ3) is 11.2. The third-order valence-corrected chi connectivity index (χ3v) is 12.8. The van der Waals surface area contributed by atoms with Crippen LogP contribution < -0.4 is 18.6 Å². The molecule has 0 atom stereocenters. The highest BCUT2D eigenvalue weighted by Gasteiger charge is 2.28. The molecule has 54 heavy (non-hydrogen) atoms. The van der Waals surface area contributed by atoms with Crippen LogP contribution in [0, 0.1) is 0 Å². The number of benzene rings is 2. The van der Waals surface area contributed by atoms with Crippen molar-refractivity contribution in [2.24, 2.45) is 0 Å². The van der Waals surface area contributed by atoms with Gasteiger partial charge in [-0.1, -0.05) is 107 Å². The highest BCUT2D eigenvalue weighted by molar-refractivity contribution is 5.61. The number of hydrogen-bond acceptors (Lipinski definition) is 2. The van der Waals surface area contributed by atoms with Crippen molar-refractivity contribution in [2.75, 3.05) is 13.2 Å². The molecule has 294 valence electrons. The van der Waals surface area contributed by atoms with Crippen molar-refractivity contribution < 1.29 is 18.6 Å². The standard InChI is InChI=1S/C50H74N2O2/c1-13-47(5,6)41-21-23-45(43(37-41)49(9,10)15-3)53-35-19-17-29-51-31-25-39(26-32-51)40-27-33-52(34-28-40)30-18-20-36-54-46-24-22-42(48(7,8)14-2)38-44(46)50(11,12)16-4/h21-28,31-34,37-38H,13-20,29-30,35-36H2,1-12H3/q+2. The van der Waals surface area contributed by atoms with Crippen molar-refractivity contribution in [1.82, 2.24) is 0 Å². The van der Waals surface area contributed by atoms with Gasteiger partial charge in [0.2, 0.25) is 0 Å². The maximum Gasteiger partial charge on any atom is 0.169 e. The van der Waals surface area contributed by atoms with Crippen molar-refractivity contribution >= 4 is 0 Å². The highest BCUT2D eigenvalue weighted by Crippen LogP contribution is 2.40. The molecule has 4 rings (SSSR count). The van der Waals surface area contributed by atoms with Gasteiger partial charge in [0, 0.05) is 48.2 Å². The Kier molecular flexibility index (Phi) is 15.0. The van der Waals surface area contributed by atoms with Crippen molar-refractivity contribution in [3.05, 3.63) is 108 Å². The number of ether oxygens (including phenoxy) is 2. The Balaban J connectivity index is 1.22. The van der Waals surface area contributed by atoms with E-state index in [0.29, 0.717) is 0 Å². The summed E-state index contributed by atoms with van der Waals surface area (Å²) in [4.78, 5) is 0. The summed E-state index contributed by atoms with van der Waals surface area (Å²) in [7, 11) is 0. The molecular formula is C50H74N2O2+2. The summed E-state index contributed by atoms with van der Waals surface area (Å²) in [5, 5.41) is 0. The van der Waals surface area contributed by atoms with Crippen LogP contribution in [0.15, 0.2) is 85.5 Å². The molecule has 0 aliphatic heterocycles. The van der Waals surface area contributed by atoms with E-state index in [0.717, 1.165) is 89.2 Å². The summed E-state index contributed by atoms with van der Waals surface area (Å²) in [6, 6.07) is 22.7. The zero-order valence-electron chi connectivity index (χ0n) is 36.3. The van der Waals surface area contributed by atoms with Crippen LogP contribution in [0.1, 0.15) is 157 Å². The van der Waals surface area contributed by atoms with E-state index < -0.39 is 0 Å². The van der Waals surface area contributed by atoms with Gasteiger partial charge in [-0.3, -0.25) is 0 Å². The molecule has 0 bridgehead atoms. The SMILES string of the molecule is CCC(C)(C)c1ccc(OCCCC[n+]2ccc(-c3cc[n+](CCCCOc4ccc(C(C)(C)CC)cc4C(C)(C)CC)cc3)cc2)c(C(C)(C)CC)c1. The van der Waals surface area contributed by atoms with E-state index in [1.54, 1.807) is 0 Å². The zero-order valence-corrected chi connectivity index (χ0v) is 36.3. The molecule has 0 spiro atoms. The molecule has 0 fully saturated rings. The highest BCUT2D eigenvalue weighted by atomic mass is 16.5. The number of nitrogens with zero attached hydrogens (tertiary/aromatic N) is 2. The molecule has 4 heteroatoms. The van der Waals surface area contributed by atoms with E-state index in [9.17, 15) is 0 Å². The Morgan fingerprint density at radius 2 is 0.759 bits per heavy atom. The van der Waals surface area contributed by atoms with E-state index in [1.165, 1.54) is 33.4 Å². The lowest BCUT2D eigenvalue weighted by Crippen LogP contribution is -2.33. The number of aromatic nitrogens is 2. The second-order valence-corrected chi connectivity index (χ2v) is 18.1. The Bertz CT molecular complexity index is 1620. The molecule has 0 aliphatic carbocycles. The van der Waals surface area contributed by atoms with Crippen LogP contribution in [0.2, 0.25) is 0 Å². The van der Waals surface area contributed by atoms with Gasteiger partial charge in [-0.25, -0.2) is 9.13 Å². The largest absolute Gasteiger partial charge is 0.493 e. The minimum Gasteiger partial charge on any atom is -0.493 e. The number of rotatable bonds is 21. The molecule has 0 N–H and O–H groups in total. The van der Waals surface area contributed by atoms with Crippen LogP contribution in [-0.4, -0.2) is 13.2 Å². The summed E-state index contributed by atoms with van der Waals surface area (Å²) in [6.45, 7) is 31.2.